The molecule has 1 unspecified atom stereocenters. The largest absolute Gasteiger partial charge is 0.466 e. The second-order valence-electron chi connectivity index (χ2n) is 6.07. The third kappa shape index (κ3) is 7.37. The number of guanidine groups is 1. The molecule has 0 aliphatic heterocycles. The van der Waals surface area contributed by atoms with Gasteiger partial charge in [-0.15, -0.1) is 11.3 Å². The maximum Gasteiger partial charge on any atom is 0.308 e. The van der Waals surface area contributed by atoms with Gasteiger partial charge in [0.25, 0.3) is 5.91 Å². The molecule has 6 N–H and O–H groups in total. The number of ether oxygens (including phenoxy) is 1. The molecule has 160 valence electrons. The maximum absolute atomic E-state index is 12.4. The normalized spacial score (nSPS) is 11.3. The first-order chi connectivity index (χ1) is 14.3. The molecule has 30 heavy (non-hydrogen) atoms. The lowest BCUT2D eigenvalue weighted by atomic mass is 10.1. The van der Waals surface area contributed by atoms with Crippen molar-refractivity contribution < 1.29 is 19.1 Å². The molecule has 0 radical (unpaired) electrons. The van der Waals surface area contributed by atoms with Crippen molar-refractivity contribution in [2.75, 3.05) is 18.5 Å². The van der Waals surface area contributed by atoms with Gasteiger partial charge in [-0.1, -0.05) is 17.7 Å². The second kappa shape index (κ2) is 11.2. The van der Waals surface area contributed by atoms with Gasteiger partial charge in [0.1, 0.15) is 0 Å². The van der Waals surface area contributed by atoms with Crippen LogP contribution in [-0.2, 0) is 14.3 Å². The number of nitrogens with one attached hydrogen (secondary N) is 4. The molecule has 9 nitrogen and oxygen atoms in total. The SMILES string of the molecule is CCOC(=O)CC(NC(=O)CNC(=O)c1cccc(NC(=N)N)c1)c1ccc(Cl)s1. The van der Waals surface area contributed by atoms with Crippen LogP contribution in [0.3, 0.4) is 0 Å². The van der Waals surface area contributed by atoms with Crippen molar-refractivity contribution in [1.29, 1.82) is 5.41 Å². The number of halogens is 1. The Hall–Kier alpha value is -3.11. The van der Waals surface area contributed by atoms with E-state index in [0.29, 0.717) is 20.5 Å². The number of amides is 2. The van der Waals surface area contributed by atoms with E-state index < -0.39 is 23.8 Å². The van der Waals surface area contributed by atoms with Crippen molar-refractivity contribution in [1.82, 2.24) is 10.6 Å². The highest BCUT2D eigenvalue weighted by atomic mass is 35.5. The number of carbonyl (C=O) groups excluding carboxylic acids is 3. The molecule has 2 rings (SSSR count). The van der Waals surface area contributed by atoms with Gasteiger partial charge in [0.05, 0.1) is 30.0 Å². The van der Waals surface area contributed by atoms with Crippen LogP contribution in [0.2, 0.25) is 4.34 Å². The average Bonchev–Trinajstić information content (AvgIpc) is 3.12. The van der Waals surface area contributed by atoms with Gasteiger partial charge < -0.3 is 26.4 Å². The number of hydrogen-bond acceptors (Lipinski definition) is 6. The monoisotopic (exact) mass is 451 g/mol. The predicted molar refractivity (Wildman–Crippen MR) is 116 cm³/mol. The quantitative estimate of drug-likeness (QED) is 0.224. The Bertz CT molecular complexity index is 933. The number of carbonyl (C=O) groups is 3. The third-order valence-electron chi connectivity index (χ3n) is 3.76. The van der Waals surface area contributed by atoms with Crippen LogP contribution >= 0.6 is 22.9 Å². The minimum absolute atomic E-state index is 0.0525. The van der Waals surface area contributed by atoms with Gasteiger partial charge in [-0.2, -0.15) is 0 Å². The molecular weight excluding hydrogens is 430 g/mol. The Balaban J connectivity index is 1.97. The standard InChI is InChI=1S/C19H22ClN5O4S/c1-2-29-17(27)9-13(14-6-7-15(20)30-14)25-16(26)10-23-18(28)11-4-3-5-12(8-11)24-19(21)22/h3-8,13H,2,9-10H2,1H3,(H,23,28)(H,25,26)(H4,21,22,24). The van der Waals surface area contributed by atoms with Gasteiger partial charge in [0.15, 0.2) is 5.96 Å². The van der Waals surface area contributed by atoms with E-state index in [0.717, 1.165) is 0 Å². The molecule has 0 fully saturated rings. The Kier molecular flexibility index (Phi) is 8.63. The molecule has 0 saturated carbocycles. The van der Waals surface area contributed by atoms with Crippen LogP contribution in [-0.4, -0.2) is 36.9 Å². The molecule has 0 saturated heterocycles. The fraction of sp³-hybridized carbons (Fsp3) is 0.263. The van der Waals surface area contributed by atoms with E-state index in [1.165, 1.54) is 17.4 Å². The zero-order valence-corrected chi connectivity index (χ0v) is 17.7. The summed E-state index contributed by atoms with van der Waals surface area (Å²) < 4.78 is 5.49. The van der Waals surface area contributed by atoms with E-state index in [9.17, 15) is 14.4 Å². The minimum atomic E-state index is -0.617. The zero-order valence-electron chi connectivity index (χ0n) is 16.2. The van der Waals surface area contributed by atoms with Gasteiger partial charge in [-0.25, -0.2) is 0 Å². The van der Waals surface area contributed by atoms with Crippen molar-refractivity contribution in [2.24, 2.45) is 5.73 Å². The molecule has 0 aliphatic rings. The summed E-state index contributed by atoms with van der Waals surface area (Å²) in [6.45, 7) is 1.64. The summed E-state index contributed by atoms with van der Waals surface area (Å²) >= 11 is 7.21. The van der Waals surface area contributed by atoms with E-state index in [-0.39, 0.29) is 25.5 Å². The van der Waals surface area contributed by atoms with E-state index in [4.69, 9.17) is 27.5 Å². The minimum Gasteiger partial charge on any atom is -0.466 e. The maximum atomic E-state index is 12.4. The number of nitrogens with two attached hydrogens (primary N) is 1. The topological polar surface area (TPSA) is 146 Å². The van der Waals surface area contributed by atoms with Crippen molar-refractivity contribution >= 4 is 52.4 Å². The Morgan fingerprint density at radius 3 is 2.67 bits per heavy atom. The molecule has 2 aromatic rings. The molecule has 1 atom stereocenters. The van der Waals surface area contributed by atoms with Crippen molar-refractivity contribution in [3.8, 4) is 0 Å². The summed E-state index contributed by atoms with van der Waals surface area (Å²) in [7, 11) is 0. The molecule has 0 spiro atoms. The molecular formula is C19H22ClN5O4S. The number of benzene rings is 1. The van der Waals surface area contributed by atoms with Crippen LogP contribution in [0.15, 0.2) is 36.4 Å². The lowest BCUT2D eigenvalue weighted by Crippen LogP contribution is -2.39. The first-order valence-corrected chi connectivity index (χ1v) is 10.2. The number of hydrogen-bond donors (Lipinski definition) is 5. The van der Waals surface area contributed by atoms with Gasteiger partial charge >= 0.3 is 5.97 Å². The van der Waals surface area contributed by atoms with E-state index in [1.54, 1.807) is 37.3 Å². The highest BCUT2D eigenvalue weighted by Crippen LogP contribution is 2.29. The summed E-state index contributed by atoms with van der Waals surface area (Å²) in [5, 5.41) is 15.1. The third-order valence-corrected chi connectivity index (χ3v) is 5.11. The first-order valence-electron chi connectivity index (χ1n) is 8.98. The highest BCUT2D eigenvalue weighted by Gasteiger charge is 2.21. The molecule has 2 amide bonds. The molecule has 11 heteroatoms. The lowest BCUT2D eigenvalue weighted by Gasteiger charge is -2.17. The summed E-state index contributed by atoms with van der Waals surface area (Å²) in [4.78, 5) is 37.3. The predicted octanol–water partition coefficient (Wildman–Crippen LogP) is 2.25. The lowest BCUT2D eigenvalue weighted by molar-refractivity contribution is -0.143. The van der Waals surface area contributed by atoms with Crippen molar-refractivity contribution in [3.63, 3.8) is 0 Å². The van der Waals surface area contributed by atoms with Crippen LogP contribution in [0.25, 0.3) is 0 Å². The number of anilines is 1. The Morgan fingerprint density at radius 1 is 1.27 bits per heavy atom. The smallest absolute Gasteiger partial charge is 0.308 e. The van der Waals surface area contributed by atoms with E-state index in [1.807, 2.05) is 0 Å². The van der Waals surface area contributed by atoms with Gasteiger partial charge in [0, 0.05) is 16.1 Å². The van der Waals surface area contributed by atoms with Gasteiger partial charge in [0.2, 0.25) is 5.91 Å². The number of esters is 1. The van der Waals surface area contributed by atoms with Crippen LogP contribution in [0.1, 0.15) is 34.6 Å². The Morgan fingerprint density at radius 2 is 2.03 bits per heavy atom. The molecule has 0 bridgehead atoms. The Labute approximate surface area is 182 Å². The number of rotatable bonds is 9. The summed E-state index contributed by atoms with van der Waals surface area (Å²) in [6, 6.07) is 9.13. The van der Waals surface area contributed by atoms with Crippen LogP contribution < -0.4 is 21.7 Å². The molecule has 1 aromatic carbocycles. The molecule has 0 aliphatic carbocycles. The summed E-state index contributed by atoms with van der Waals surface area (Å²) in [5.74, 6) is -1.65. The van der Waals surface area contributed by atoms with Crippen LogP contribution in [0.5, 0.6) is 0 Å². The molecule has 1 heterocycles. The fourth-order valence-corrected chi connectivity index (χ4v) is 3.64. The van der Waals surface area contributed by atoms with Crippen molar-refractivity contribution in [3.05, 3.63) is 51.2 Å². The van der Waals surface area contributed by atoms with Crippen LogP contribution in [0, 0.1) is 5.41 Å². The highest BCUT2D eigenvalue weighted by molar-refractivity contribution is 7.16. The van der Waals surface area contributed by atoms with Gasteiger partial charge in [-0.3, -0.25) is 19.8 Å². The summed E-state index contributed by atoms with van der Waals surface area (Å²) in [5.41, 5.74) is 6.05. The van der Waals surface area contributed by atoms with Crippen molar-refractivity contribution in [2.45, 2.75) is 19.4 Å². The van der Waals surface area contributed by atoms with Gasteiger partial charge in [-0.05, 0) is 37.3 Å². The molecule has 1 aromatic heterocycles. The van der Waals surface area contributed by atoms with E-state index in [2.05, 4.69) is 16.0 Å². The number of thiophene rings is 1. The average molecular weight is 452 g/mol. The first kappa shape index (κ1) is 23.2. The van der Waals surface area contributed by atoms with Crippen LogP contribution in [0.4, 0.5) is 5.69 Å². The summed E-state index contributed by atoms with van der Waals surface area (Å²) in [6.07, 6.45) is -0.0525. The zero-order chi connectivity index (χ0) is 22.1. The van der Waals surface area contributed by atoms with E-state index >= 15 is 0 Å². The fourth-order valence-electron chi connectivity index (χ4n) is 2.53. The second-order valence-corrected chi connectivity index (χ2v) is 7.82.